The summed E-state index contributed by atoms with van der Waals surface area (Å²) in [6.45, 7) is 8.47. The first kappa shape index (κ1) is 16.4. The molecule has 2 atom stereocenters. The third-order valence-electron chi connectivity index (χ3n) is 4.76. The van der Waals surface area contributed by atoms with Crippen molar-refractivity contribution in [2.75, 3.05) is 11.4 Å². The number of hydrogen-bond donors (Lipinski definition) is 1. The summed E-state index contributed by atoms with van der Waals surface area (Å²) in [5.41, 5.74) is 1.60. The van der Waals surface area contributed by atoms with Crippen molar-refractivity contribution < 1.29 is 4.79 Å². The number of fused-ring (bicyclic) bond motifs is 1. The maximum atomic E-state index is 12.6. The van der Waals surface area contributed by atoms with Gasteiger partial charge in [-0.1, -0.05) is 32.0 Å². The van der Waals surface area contributed by atoms with E-state index in [1.54, 1.807) is 6.92 Å². The van der Waals surface area contributed by atoms with Gasteiger partial charge in [0.1, 0.15) is 11.6 Å². The lowest BCUT2D eigenvalue weighted by atomic mass is 9.89. The average Bonchev–Trinajstić information content (AvgIpc) is 2.53. The highest BCUT2D eigenvalue weighted by Gasteiger charge is 2.34. The molecule has 0 spiro atoms. The summed E-state index contributed by atoms with van der Waals surface area (Å²) in [7, 11) is 0. The Morgan fingerprint density at radius 3 is 2.68 bits per heavy atom. The van der Waals surface area contributed by atoms with Gasteiger partial charge in [0.25, 0.3) is 0 Å². The minimum Gasteiger partial charge on any atom is -0.360 e. The van der Waals surface area contributed by atoms with Gasteiger partial charge in [-0.05, 0) is 44.2 Å². The predicted molar refractivity (Wildman–Crippen MR) is 88.6 cm³/mol. The molecule has 4 nitrogen and oxygen atoms in total. The normalized spacial score (nSPS) is 18.1. The maximum Gasteiger partial charge on any atom is 0.243 e. The monoisotopic (exact) mass is 299 g/mol. The van der Waals surface area contributed by atoms with E-state index in [1.807, 2.05) is 32.9 Å². The van der Waals surface area contributed by atoms with E-state index in [-0.39, 0.29) is 17.9 Å². The Morgan fingerprint density at radius 1 is 1.36 bits per heavy atom. The largest absolute Gasteiger partial charge is 0.360 e. The van der Waals surface area contributed by atoms with Crippen LogP contribution in [0.4, 0.5) is 5.69 Å². The van der Waals surface area contributed by atoms with E-state index in [0.29, 0.717) is 0 Å². The van der Waals surface area contributed by atoms with Gasteiger partial charge in [-0.15, -0.1) is 0 Å². The van der Waals surface area contributed by atoms with Crippen molar-refractivity contribution in [2.24, 2.45) is 5.92 Å². The van der Waals surface area contributed by atoms with E-state index in [0.717, 1.165) is 25.1 Å². The number of nitrogens with zero attached hydrogens (tertiary/aromatic N) is 2. The molecule has 0 fully saturated rings. The Bertz CT molecular complexity index is 590. The van der Waals surface area contributed by atoms with Crippen molar-refractivity contribution in [3.05, 3.63) is 29.8 Å². The van der Waals surface area contributed by atoms with Crippen molar-refractivity contribution in [2.45, 2.75) is 52.1 Å². The van der Waals surface area contributed by atoms with Crippen LogP contribution < -0.4 is 10.2 Å². The van der Waals surface area contributed by atoms with Gasteiger partial charge in [0, 0.05) is 12.2 Å². The fourth-order valence-electron chi connectivity index (χ4n) is 2.77. The van der Waals surface area contributed by atoms with Crippen molar-refractivity contribution in [1.82, 2.24) is 5.32 Å². The lowest BCUT2D eigenvalue weighted by Gasteiger charge is -2.37. The number of aryl methyl sites for hydroxylation is 1. The van der Waals surface area contributed by atoms with Gasteiger partial charge in [-0.2, -0.15) is 5.26 Å². The highest BCUT2D eigenvalue weighted by molar-refractivity contribution is 5.86. The maximum absolute atomic E-state index is 12.6. The molecular formula is C18H25N3O. The second kappa shape index (κ2) is 6.39. The first-order valence-corrected chi connectivity index (χ1v) is 7.97. The smallest absolute Gasteiger partial charge is 0.243 e. The van der Waals surface area contributed by atoms with Gasteiger partial charge in [0.2, 0.25) is 5.91 Å². The van der Waals surface area contributed by atoms with Crippen LogP contribution in [0.3, 0.4) is 0 Å². The Morgan fingerprint density at radius 2 is 2.05 bits per heavy atom. The van der Waals surface area contributed by atoms with Crippen molar-refractivity contribution in [1.29, 1.82) is 5.26 Å². The number of para-hydroxylation sites is 1. The van der Waals surface area contributed by atoms with Gasteiger partial charge in [-0.3, -0.25) is 4.79 Å². The minimum absolute atomic E-state index is 0.0577. The standard InChI is InChI=1S/C18H25N3O/c1-13(2)18(4,12-19)20-17(22)14(3)21-11-7-9-15-8-5-6-10-16(15)21/h5-6,8,10,13-14H,7,9,11H2,1-4H3,(H,20,22)/t14-,18+/m1/s1. The molecule has 0 saturated heterocycles. The Kier molecular flexibility index (Phi) is 4.75. The topological polar surface area (TPSA) is 56.1 Å². The molecule has 2 rings (SSSR count). The zero-order valence-corrected chi connectivity index (χ0v) is 13.9. The van der Waals surface area contributed by atoms with Crippen LogP contribution in [0.1, 0.15) is 39.7 Å². The second-order valence-corrected chi connectivity index (χ2v) is 6.56. The van der Waals surface area contributed by atoms with Crippen molar-refractivity contribution in [3.63, 3.8) is 0 Å². The number of rotatable bonds is 4. The summed E-state index contributed by atoms with van der Waals surface area (Å²) < 4.78 is 0. The van der Waals surface area contributed by atoms with E-state index in [2.05, 4.69) is 28.4 Å². The number of nitriles is 1. The summed E-state index contributed by atoms with van der Waals surface area (Å²) in [5, 5.41) is 12.3. The lowest BCUT2D eigenvalue weighted by molar-refractivity contribution is -0.123. The van der Waals surface area contributed by atoms with Crippen molar-refractivity contribution >= 4 is 11.6 Å². The molecule has 1 amide bonds. The summed E-state index contributed by atoms with van der Waals surface area (Å²) in [4.78, 5) is 14.8. The van der Waals surface area contributed by atoms with E-state index < -0.39 is 5.54 Å². The van der Waals surface area contributed by atoms with Crippen molar-refractivity contribution in [3.8, 4) is 6.07 Å². The van der Waals surface area contributed by atoms with Gasteiger partial charge in [0.05, 0.1) is 6.07 Å². The number of benzene rings is 1. The molecule has 1 aromatic carbocycles. The fourth-order valence-corrected chi connectivity index (χ4v) is 2.77. The fraction of sp³-hybridized carbons (Fsp3) is 0.556. The Hall–Kier alpha value is -2.02. The molecule has 0 unspecified atom stereocenters. The second-order valence-electron chi connectivity index (χ2n) is 6.56. The zero-order chi connectivity index (χ0) is 16.3. The summed E-state index contributed by atoms with van der Waals surface area (Å²) in [6, 6.07) is 10.2. The SMILES string of the molecule is CC(C)[C@](C)(C#N)NC(=O)[C@@H](C)N1CCCc2ccccc21. The molecule has 1 heterocycles. The summed E-state index contributed by atoms with van der Waals surface area (Å²) in [5.74, 6) is -0.0308. The molecule has 118 valence electrons. The highest BCUT2D eigenvalue weighted by Crippen LogP contribution is 2.28. The first-order valence-electron chi connectivity index (χ1n) is 7.97. The van der Waals surface area contributed by atoms with Gasteiger partial charge < -0.3 is 10.2 Å². The molecule has 0 aliphatic carbocycles. The van der Waals surface area contributed by atoms with Crippen LogP contribution in [-0.2, 0) is 11.2 Å². The molecule has 0 bridgehead atoms. The van der Waals surface area contributed by atoms with Crippen LogP contribution in [0.15, 0.2) is 24.3 Å². The van der Waals surface area contributed by atoms with Crippen LogP contribution in [0.25, 0.3) is 0 Å². The molecule has 1 aromatic rings. The first-order chi connectivity index (χ1) is 10.4. The van der Waals surface area contributed by atoms with Crippen LogP contribution in [0.5, 0.6) is 0 Å². The van der Waals surface area contributed by atoms with E-state index in [9.17, 15) is 10.1 Å². The minimum atomic E-state index is -0.833. The van der Waals surface area contributed by atoms with E-state index >= 15 is 0 Å². The third-order valence-corrected chi connectivity index (χ3v) is 4.76. The highest BCUT2D eigenvalue weighted by atomic mass is 16.2. The van der Waals surface area contributed by atoms with Crippen LogP contribution in [0.2, 0.25) is 0 Å². The zero-order valence-electron chi connectivity index (χ0n) is 13.9. The number of carbonyl (C=O) groups is 1. The average molecular weight is 299 g/mol. The summed E-state index contributed by atoms with van der Waals surface area (Å²) >= 11 is 0. The predicted octanol–water partition coefficient (Wildman–Crippen LogP) is 2.88. The van der Waals surface area contributed by atoms with Crippen LogP contribution >= 0.6 is 0 Å². The van der Waals surface area contributed by atoms with E-state index in [1.165, 1.54) is 5.56 Å². The lowest BCUT2D eigenvalue weighted by Crippen LogP contribution is -2.55. The van der Waals surface area contributed by atoms with E-state index in [4.69, 9.17) is 0 Å². The molecule has 22 heavy (non-hydrogen) atoms. The Balaban J connectivity index is 2.17. The number of amides is 1. The van der Waals surface area contributed by atoms with Crippen LogP contribution in [0, 0.1) is 17.2 Å². The quantitative estimate of drug-likeness (QED) is 0.930. The number of nitrogens with one attached hydrogen (secondary N) is 1. The molecule has 1 aliphatic heterocycles. The molecular weight excluding hydrogens is 274 g/mol. The third kappa shape index (κ3) is 3.09. The molecule has 1 N–H and O–H groups in total. The summed E-state index contributed by atoms with van der Waals surface area (Å²) in [6.07, 6.45) is 2.11. The molecule has 0 aromatic heterocycles. The van der Waals surface area contributed by atoms with Crippen LogP contribution in [-0.4, -0.2) is 24.0 Å². The number of hydrogen-bond acceptors (Lipinski definition) is 3. The molecule has 0 radical (unpaired) electrons. The molecule has 0 saturated carbocycles. The van der Waals surface area contributed by atoms with Gasteiger partial charge in [-0.25, -0.2) is 0 Å². The van der Waals surface area contributed by atoms with Gasteiger partial charge in [0.15, 0.2) is 0 Å². The molecule has 4 heteroatoms. The Labute approximate surface area is 133 Å². The number of carbonyl (C=O) groups excluding carboxylic acids is 1. The molecule has 1 aliphatic rings. The van der Waals surface area contributed by atoms with Gasteiger partial charge >= 0.3 is 0 Å². The number of anilines is 1.